The van der Waals surface area contributed by atoms with Gasteiger partial charge in [0.1, 0.15) is 5.84 Å². The first-order valence-corrected chi connectivity index (χ1v) is 8.40. The molecular weight excluding hydrogens is 394 g/mol. The summed E-state index contributed by atoms with van der Waals surface area (Å²) in [7, 11) is 0. The Balaban J connectivity index is 2.14. The quantitative estimate of drug-likeness (QED) is 0.284. The van der Waals surface area contributed by atoms with E-state index in [0.717, 1.165) is 18.2 Å². The van der Waals surface area contributed by atoms with Crippen molar-refractivity contribution in [2.75, 3.05) is 5.32 Å². The highest BCUT2D eigenvalue weighted by Crippen LogP contribution is 2.37. The van der Waals surface area contributed by atoms with Gasteiger partial charge in [-0.2, -0.15) is 26.3 Å². The van der Waals surface area contributed by atoms with Crippen LogP contribution in [0.5, 0.6) is 0 Å². The molecule has 0 atom stereocenters. The maximum Gasteiger partial charge on any atom is 0.418 e. The van der Waals surface area contributed by atoms with Gasteiger partial charge in [-0.15, -0.1) is 0 Å². The van der Waals surface area contributed by atoms with Crippen molar-refractivity contribution >= 4 is 17.2 Å². The van der Waals surface area contributed by atoms with Crippen LogP contribution in [0.25, 0.3) is 0 Å². The van der Waals surface area contributed by atoms with Crippen molar-refractivity contribution in [3.63, 3.8) is 0 Å². The van der Waals surface area contributed by atoms with Crippen LogP contribution in [0.15, 0.2) is 83.9 Å². The number of para-hydroxylation sites is 2. The van der Waals surface area contributed by atoms with Gasteiger partial charge >= 0.3 is 12.4 Å². The lowest BCUT2D eigenvalue weighted by molar-refractivity contribution is -0.137. The number of hydrogen-bond donors (Lipinski definition) is 1. The van der Waals surface area contributed by atoms with Crippen LogP contribution < -0.4 is 5.32 Å². The van der Waals surface area contributed by atoms with Gasteiger partial charge in [-0.3, -0.25) is 0 Å². The van der Waals surface area contributed by atoms with E-state index in [-0.39, 0.29) is 11.5 Å². The Hall–Kier alpha value is -3.29. The summed E-state index contributed by atoms with van der Waals surface area (Å²) in [5.41, 5.74) is -2.32. The Bertz CT molecular complexity index is 1010. The van der Waals surface area contributed by atoms with E-state index in [9.17, 15) is 26.3 Å². The molecule has 29 heavy (non-hydrogen) atoms. The van der Waals surface area contributed by atoms with Gasteiger partial charge in [0.05, 0.1) is 22.5 Å². The van der Waals surface area contributed by atoms with E-state index in [1.807, 2.05) is 0 Å². The highest BCUT2D eigenvalue weighted by Gasteiger charge is 2.34. The van der Waals surface area contributed by atoms with E-state index >= 15 is 0 Å². The molecule has 0 radical (unpaired) electrons. The van der Waals surface area contributed by atoms with Gasteiger partial charge in [-0.25, -0.2) is 4.99 Å². The van der Waals surface area contributed by atoms with E-state index in [0.29, 0.717) is 5.56 Å². The molecule has 0 bridgehead atoms. The Labute approximate surface area is 162 Å². The summed E-state index contributed by atoms with van der Waals surface area (Å²) >= 11 is 0. The number of amidine groups is 1. The van der Waals surface area contributed by atoms with Crippen LogP contribution in [0.4, 0.5) is 37.7 Å². The lowest BCUT2D eigenvalue weighted by Gasteiger charge is -2.17. The third-order valence-corrected chi connectivity index (χ3v) is 3.97. The molecule has 0 amide bonds. The second-order valence-electron chi connectivity index (χ2n) is 6.01. The third kappa shape index (κ3) is 4.96. The minimum atomic E-state index is -4.66. The fourth-order valence-corrected chi connectivity index (χ4v) is 2.66. The first kappa shape index (κ1) is 20.4. The average Bonchev–Trinajstić information content (AvgIpc) is 2.67. The Morgan fingerprint density at radius 3 is 1.76 bits per heavy atom. The van der Waals surface area contributed by atoms with Crippen LogP contribution in [0.1, 0.15) is 16.7 Å². The van der Waals surface area contributed by atoms with Crippen molar-refractivity contribution in [3.05, 3.63) is 95.6 Å². The zero-order valence-electron chi connectivity index (χ0n) is 14.7. The van der Waals surface area contributed by atoms with E-state index in [2.05, 4.69) is 10.3 Å². The molecule has 0 aromatic heterocycles. The number of benzene rings is 3. The highest BCUT2D eigenvalue weighted by atomic mass is 19.4. The molecule has 0 heterocycles. The molecule has 2 nitrogen and oxygen atoms in total. The Morgan fingerprint density at radius 2 is 1.14 bits per heavy atom. The molecule has 3 aromatic carbocycles. The minimum Gasteiger partial charge on any atom is -0.339 e. The summed E-state index contributed by atoms with van der Waals surface area (Å²) in [5.74, 6) is -0.140. The van der Waals surface area contributed by atoms with Gasteiger partial charge in [0.15, 0.2) is 0 Å². The number of anilines is 1. The van der Waals surface area contributed by atoms with Crippen LogP contribution in [0, 0.1) is 0 Å². The minimum absolute atomic E-state index is 0.140. The van der Waals surface area contributed by atoms with Gasteiger partial charge in [0.25, 0.3) is 0 Å². The molecule has 3 rings (SSSR count). The predicted octanol–water partition coefficient (Wildman–Crippen LogP) is 6.91. The second-order valence-corrected chi connectivity index (χ2v) is 6.01. The van der Waals surface area contributed by atoms with Gasteiger partial charge < -0.3 is 5.32 Å². The average molecular weight is 408 g/mol. The molecule has 0 aliphatic heterocycles. The standard InChI is InChI=1S/C21H14F6N2/c22-20(23,24)15-10-4-6-12-17(15)28-19(14-8-2-1-3-9-14)29-18-13-7-5-11-16(18)21(25,26)27/h1-13H,(H,28,29). The number of rotatable bonds is 3. The lowest BCUT2D eigenvalue weighted by atomic mass is 10.1. The number of alkyl halides is 6. The summed E-state index contributed by atoms with van der Waals surface area (Å²) in [5, 5.41) is 2.56. The van der Waals surface area contributed by atoms with Crippen molar-refractivity contribution in [3.8, 4) is 0 Å². The summed E-state index contributed by atoms with van der Waals surface area (Å²) < 4.78 is 79.9. The zero-order valence-corrected chi connectivity index (χ0v) is 14.7. The SMILES string of the molecule is FC(F)(F)c1ccccc1N=C(Nc1ccccc1C(F)(F)F)c1ccccc1. The van der Waals surface area contributed by atoms with Crippen LogP contribution in [0.2, 0.25) is 0 Å². The summed E-state index contributed by atoms with van der Waals surface area (Å²) in [6.45, 7) is 0. The van der Waals surface area contributed by atoms with Gasteiger partial charge in [-0.1, -0.05) is 54.6 Å². The zero-order chi connectivity index (χ0) is 21.1. The van der Waals surface area contributed by atoms with Crippen molar-refractivity contribution < 1.29 is 26.3 Å². The topological polar surface area (TPSA) is 24.4 Å². The molecule has 3 aromatic rings. The largest absolute Gasteiger partial charge is 0.418 e. The summed E-state index contributed by atoms with van der Waals surface area (Å²) in [4.78, 5) is 4.03. The predicted molar refractivity (Wildman–Crippen MR) is 99.1 cm³/mol. The monoisotopic (exact) mass is 408 g/mol. The van der Waals surface area contributed by atoms with Gasteiger partial charge in [0.2, 0.25) is 0 Å². The molecule has 0 saturated carbocycles. The molecule has 0 saturated heterocycles. The summed E-state index contributed by atoms with van der Waals surface area (Å²) in [6, 6.07) is 17.3. The van der Waals surface area contributed by atoms with E-state index < -0.39 is 29.2 Å². The molecule has 0 fully saturated rings. The van der Waals surface area contributed by atoms with Gasteiger partial charge in [-0.05, 0) is 24.3 Å². The number of nitrogens with one attached hydrogen (secondary N) is 1. The van der Waals surface area contributed by atoms with Crippen molar-refractivity contribution in [1.82, 2.24) is 0 Å². The van der Waals surface area contributed by atoms with Crippen LogP contribution in [-0.4, -0.2) is 5.84 Å². The first-order chi connectivity index (χ1) is 13.7. The maximum atomic E-state index is 13.3. The number of hydrogen-bond acceptors (Lipinski definition) is 1. The van der Waals surface area contributed by atoms with E-state index in [1.165, 1.54) is 42.5 Å². The first-order valence-electron chi connectivity index (χ1n) is 8.40. The Morgan fingerprint density at radius 1 is 0.621 bits per heavy atom. The molecule has 0 aliphatic rings. The molecule has 0 spiro atoms. The molecule has 8 heteroatoms. The lowest BCUT2D eigenvalue weighted by Crippen LogP contribution is -2.18. The van der Waals surface area contributed by atoms with Crippen LogP contribution in [0.3, 0.4) is 0 Å². The van der Waals surface area contributed by atoms with Crippen LogP contribution in [-0.2, 0) is 12.4 Å². The normalized spacial score (nSPS) is 12.7. The van der Waals surface area contributed by atoms with Crippen LogP contribution >= 0.6 is 0 Å². The molecule has 150 valence electrons. The fraction of sp³-hybridized carbons (Fsp3) is 0.0952. The van der Waals surface area contributed by atoms with Crippen molar-refractivity contribution in [2.45, 2.75) is 12.4 Å². The molecule has 0 aliphatic carbocycles. The maximum absolute atomic E-state index is 13.3. The molecule has 1 N–H and O–H groups in total. The van der Waals surface area contributed by atoms with E-state index in [4.69, 9.17) is 0 Å². The number of halogens is 6. The van der Waals surface area contributed by atoms with E-state index in [1.54, 1.807) is 18.2 Å². The number of aliphatic imine (C=N–C) groups is 1. The Kier molecular flexibility index (Phi) is 5.63. The third-order valence-electron chi connectivity index (χ3n) is 3.97. The smallest absolute Gasteiger partial charge is 0.339 e. The molecular formula is C21H14F6N2. The van der Waals surface area contributed by atoms with Crippen molar-refractivity contribution in [1.29, 1.82) is 0 Å². The molecule has 0 unspecified atom stereocenters. The number of nitrogens with zero attached hydrogens (tertiary/aromatic N) is 1. The van der Waals surface area contributed by atoms with Gasteiger partial charge in [0, 0.05) is 5.56 Å². The fourth-order valence-electron chi connectivity index (χ4n) is 2.66. The van der Waals surface area contributed by atoms with Crippen molar-refractivity contribution in [2.24, 2.45) is 4.99 Å². The second kappa shape index (κ2) is 7.98. The summed E-state index contributed by atoms with van der Waals surface area (Å²) in [6.07, 6.45) is -9.30. The highest BCUT2D eigenvalue weighted by molar-refractivity contribution is 6.09.